The number of ether oxygens (including phenoxy) is 6. The van der Waals surface area contributed by atoms with Gasteiger partial charge in [0, 0.05) is 27.7 Å². The van der Waals surface area contributed by atoms with Crippen LogP contribution in [0, 0.1) is 12.3 Å². The van der Waals surface area contributed by atoms with Crippen molar-refractivity contribution in [2.24, 2.45) is 0 Å². The monoisotopic (exact) mass is 443 g/mol. The van der Waals surface area contributed by atoms with Gasteiger partial charge in [-0.25, -0.2) is 0 Å². The molecule has 0 radical (unpaired) electrons. The van der Waals surface area contributed by atoms with Crippen LogP contribution < -0.4 is 5.32 Å². The van der Waals surface area contributed by atoms with Gasteiger partial charge in [0.25, 0.3) is 0 Å². The average molecular weight is 443 g/mol. The standard InChI is InChI=1S/C19H25NO11/c1-6-7-26-9-15(25)20-16-18(29-12(4)23)17(28-11(3)22)14(8-27-10(2)21)31-19(16)30-13(5)24/h1,14,16-19H,7-9H2,2-5H3,(H,20,25)/t14-,16-,17-,18-,19?/m1/s1. The third kappa shape index (κ3) is 9.02. The summed E-state index contributed by atoms with van der Waals surface area (Å²) in [6.07, 6.45) is -0.236. The van der Waals surface area contributed by atoms with Crippen LogP contribution in [0.25, 0.3) is 0 Å². The van der Waals surface area contributed by atoms with E-state index in [1.807, 2.05) is 0 Å². The van der Waals surface area contributed by atoms with Gasteiger partial charge in [-0.3, -0.25) is 24.0 Å². The summed E-state index contributed by atoms with van der Waals surface area (Å²) >= 11 is 0. The Kier molecular flexibility index (Phi) is 10.4. The third-order valence-electron chi connectivity index (χ3n) is 3.73. The fourth-order valence-electron chi connectivity index (χ4n) is 2.75. The minimum absolute atomic E-state index is 0.129. The molecule has 12 heteroatoms. The molecule has 0 spiro atoms. The Hall–Kier alpha value is -3.17. The molecule has 12 nitrogen and oxygen atoms in total. The predicted octanol–water partition coefficient (Wildman–Crippen LogP) is -1.16. The molecule has 0 aromatic rings. The van der Waals surface area contributed by atoms with E-state index in [0.717, 1.165) is 27.7 Å². The number of terminal acetylenes is 1. The van der Waals surface area contributed by atoms with Crippen LogP contribution in [0.15, 0.2) is 0 Å². The number of esters is 4. The molecule has 5 atom stereocenters. The minimum Gasteiger partial charge on any atom is -0.463 e. The summed E-state index contributed by atoms with van der Waals surface area (Å²) in [7, 11) is 0. The summed E-state index contributed by atoms with van der Waals surface area (Å²) in [6, 6.07) is -1.28. The lowest BCUT2D eigenvalue weighted by molar-refractivity contribution is -0.271. The lowest BCUT2D eigenvalue weighted by Crippen LogP contribution is -2.67. The van der Waals surface area contributed by atoms with Crippen LogP contribution >= 0.6 is 0 Å². The molecule has 1 unspecified atom stereocenters. The van der Waals surface area contributed by atoms with Gasteiger partial charge in [0.2, 0.25) is 12.2 Å². The van der Waals surface area contributed by atoms with E-state index in [2.05, 4.69) is 11.2 Å². The van der Waals surface area contributed by atoms with Crippen molar-refractivity contribution < 1.29 is 52.4 Å². The van der Waals surface area contributed by atoms with Gasteiger partial charge < -0.3 is 33.7 Å². The van der Waals surface area contributed by atoms with Gasteiger partial charge >= 0.3 is 23.9 Å². The lowest BCUT2D eigenvalue weighted by atomic mass is 9.96. The number of hydrogen-bond donors (Lipinski definition) is 1. The Morgan fingerprint density at radius 2 is 1.48 bits per heavy atom. The summed E-state index contributed by atoms with van der Waals surface area (Å²) in [5.74, 6) is -1.47. The first-order chi connectivity index (χ1) is 14.5. The summed E-state index contributed by atoms with van der Waals surface area (Å²) < 4.78 is 31.1. The SMILES string of the molecule is C#CCOCC(=O)N[C@H]1C(OC(C)=O)O[C@H](COC(C)=O)[C@@H](OC(C)=O)[C@@H]1OC(C)=O. The molecule has 172 valence electrons. The number of carbonyl (C=O) groups excluding carboxylic acids is 5. The zero-order valence-electron chi connectivity index (χ0n) is 17.6. The van der Waals surface area contributed by atoms with E-state index in [0.29, 0.717) is 0 Å². The molecule has 0 aromatic carbocycles. The van der Waals surface area contributed by atoms with Gasteiger partial charge in [-0.05, 0) is 0 Å². The van der Waals surface area contributed by atoms with Crippen LogP contribution in [-0.4, -0.2) is 80.2 Å². The van der Waals surface area contributed by atoms with Gasteiger partial charge in [-0.15, -0.1) is 6.42 Å². The van der Waals surface area contributed by atoms with Crippen LogP contribution in [0.3, 0.4) is 0 Å². The summed E-state index contributed by atoms with van der Waals surface area (Å²) in [6.45, 7) is 3.46. The highest BCUT2D eigenvalue weighted by molar-refractivity contribution is 5.78. The molecule has 0 aliphatic carbocycles. The highest BCUT2D eigenvalue weighted by Crippen LogP contribution is 2.28. The normalized spacial score (nSPS) is 24.8. The van der Waals surface area contributed by atoms with E-state index in [1.165, 1.54) is 0 Å². The number of rotatable bonds is 9. The highest BCUT2D eigenvalue weighted by atomic mass is 16.7. The maximum atomic E-state index is 12.3. The summed E-state index contributed by atoms with van der Waals surface area (Å²) in [5.41, 5.74) is 0. The topological polar surface area (TPSA) is 153 Å². The molecule has 1 fully saturated rings. The van der Waals surface area contributed by atoms with Crippen molar-refractivity contribution in [1.29, 1.82) is 0 Å². The number of hydrogen-bond acceptors (Lipinski definition) is 11. The van der Waals surface area contributed by atoms with Gasteiger partial charge in [0.15, 0.2) is 12.2 Å². The molecule has 1 aliphatic heterocycles. The first-order valence-corrected chi connectivity index (χ1v) is 9.16. The van der Waals surface area contributed by atoms with E-state index in [9.17, 15) is 24.0 Å². The Morgan fingerprint density at radius 1 is 0.903 bits per heavy atom. The molecule has 1 saturated heterocycles. The van der Waals surface area contributed by atoms with Crippen LogP contribution in [0.4, 0.5) is 0 Å². The second kappa shape index (κ2) is 12.5. The van der Waals surface area contributed by atoms with Crippen molar-refractivity contribution >= 4 is 29.8 Å². The first-order valence-electron chi connectivity index (χ1n) is 9.16. The fraction of sp³-hybridized carbons (Fsp3) is 0.632. The second-order valence-electron chi connectivity index (χ2n) is 6.39. The summed E-state index contributed by atoms with van der Waals surface area (Å²) in [5, 5.41) is 2.47. The average Bonchev–Trinajstić information content (AvgIpc) is 2.64. The van der Waals surface area contributed by atoms with Crippen molar-refractivity contribution in [1.82, 2.24) is 5.32 Å². The smallest absolute Gasteiger partial charge is 0.305 e. The maximum Gasteiger partial charge on any atom is 0.305 e. The van der Waals surface area contributed by atoms with Crippen LogP contribution in [-0.2, 0) is 52.4 Å². The van der Waals surface area contributed by atoms with Crippen molar-refractivity contribution in [3.8, 4) is 12.3 Å². The molecule has 1 amide bonds. The van der Waals surface area contributed by atoms with E-state index in [4.69, 9.17) is 34.8 Å². The quantitative estimate of drug-likeness (QED) is 0.199. The third-order valence-corrected chi connectivity index (χ3v) is 3.73. The number of amides is 1. The summed E-state index contributed by atoms with van der Waals surface area (Å²) in [4.78, 5) is 58.4. The van der Waals surface area contributed by atoms with E-state index < -0.39 is 73.6 Å². The zero-order valence-corrected chi connectivity index (χ0v) is 17.6. The predicted molar refractivity (Wildman–Crippen MR) is 99.8 cm³/mol. The van der Waals surface area contributed by atoms with E-state index >= 15 is 0 Å². The molecule has 31 heavy (non-hydrogen) atoms. The fourth-order valence-corrected chi connectivity index (χ4v) is 2.75. The Bertz CT molecular complexity index is 729. The molecule has 0 bridgehead atoms. The van der Waals surface area contributed by atoms with Crippen molar-refractivity contribution in [3.05, 3.63) is 0 Å². The molecule has 1 heterocycles. The highest BCUT2D eigenvalue weighted by Gasteiger charge is 2.52. The number of carbonyl (C=O) groups is 5. The molecule has 1 aliphatic rings. The van der Waals surface area contributed by atoms with Crippen molar-refractivity contribution in [3.63, 3.8) is 0 Å². The first kappa shape index (κ1) is 25.9. The van der Waals surface area contributed by atoms with Gasteiger partial charge in [-0.2, -0.15) is 0 Å². The van der Waals surface area contributed by atoms with Crippen LogP contribution in [0.5, 0.6) is 0 Å². The second-order valence-corrected chi connectivity index (χ2v) is 6.39. The Balaban J connectivity index is 3.26. The van der Waals surface area contributed by atoms with Gasteiger partial charge in [0.05, 0.1) is 0 Å². The Morgan fingerprint density at radius 3 is 2.00 bits per heavy atom. The van der Waals surface area contributed by atoms with Crippen molar-refractivity contribution in [2.75, 3.05) is 19.8 Å². The number of nitrogens with one attached hydrogen (secondary N) is 1. The molecule has 0 aromatic heterocycles. The van der Waals surface area contributed by atoms with Gasteiger partial charge in [0.1, 0.15) is 32.0 Å². The maximum absolute atomic E-state index is 12.3. The molecule has 0 saturated carbocycles. The van der Waals surface area contributed by atoms with E-state index in [-0.39, 0.29) is 6.61 Å². The van der Waals surface area contributed by atoms with Crippen LogP contribution in [0.2, 0.25) is 0 Å². The van der Waals surface area contributed by atoms with Crippen LogP contribution in [0.1, 0.15) is 27.7 Å². The van der Waals surface area contributed by atoms with Gasteiger partial charge in [-0.1, -0.05) is 5.92 Å². The molecule has 1 rings (SSSR count). The molecular formula is C19H25NO11. The zero-order chi connectivity index (χ0) is 23.6. The minimum atomic E-state index is -1.47. The van der Waals surface area contributed by atoms with Crippen molar-refractivity contribution in [2.45, 2.75) is 58.3 Å². The van der Waals surface area contributed by atoms with E-state index in [1.54, 1.807) is 0 Å². The largest absolute Gasteiger partial charge is 0.463 e. The lowest BCUT2D eigenvalue weighted by Gasteiger charge is -2.44. The Labute approximate surface area is 178 Å². The molecular weight excluding hydrogens is 418 g/mol. The molecule has 1 N–H and O–H groups in total.